The first-order valence-electron chi connectivity index (χ1n) is 8.52. The van der Waals surface area contributed by atoms with E-state index in [1.165, 1.54) is 12.0 Å². The first-order valence-corrected chi connectivity index (χ1v) is 8.55. The summed E-state index contributed by atoms with van der Waals surface area (Å²) in [5, 5.41) is 9.83. The van der Waals surface area contributed by atoms with Gasteiger partial charge in [-0.3, -0.25) is 4.90 Å². The molecule has 25 heavy (non-hydrogen) atoms. The fourth-order valence-electron chi connectivity index (χ4n) is 2.40. The van der Waals surface area contributed by atoms with E-state index in [-0.39, 0.29) is 13.4 Å². The molecule has 0 heterocycles. The van der Waals surface area contributed by atoms with Crippen molar-refractivity contribution in [2.75, 3.05) is 7.11 Å². The van der Waals surface area contributed by atoms with E-state index >= 15 is 0 Å². The highest BCUT2D eigenvalue weighted by molar-refractivity contribution is 7.96. The normalized spacial score (nSPS) is 13.7. The minimum atomic E-state index is -1.19. The average molecular weight is 370 g/mol. The lowest BCUT2D eigenvalue weighted by Crippen LogP contribution is -2.55. The third-order valence-electron chi connectivity index (χ3n) is 3.30. The van der Waals surface area contributed by atoms with Crippen LogP contribution in [0.25, 0.3) is 0 Å². The van der Waals surface area contributed by atoms with Crippen LogP contribution in [-0.2, 0) is 20.3 Å². The fourth-order valence-corrected chi connectivity index (χ4v) is 3.15. The van der Waals surface area contributed by atoms with E-state index in [2.05, 4.69) is 0 Å². The number of rotatable bonds is 7. The van der Waals surface area contributed by atoms with Gasteiger partial charge in [0.15, 0.2) is 0 Å². The molecule has 0 radical (unpaired) electrons. The summed E-state index contributed by atoms with van der Waals surface area (Å²) in [4.78, 5) is 26.0. The molecule has 0 bridgehead atoms. The second-order valence-corrected chi connectivity index (χ2v) is 8.39. The van der Waals surface area contributed by atoms with Crippen LogP contribution in [0.5, 0.6) is 0 Å². The molecule has 7 heteroatoms. The van der Waals surface area contributed by atoms with E-state index in [0.29, 0.717) is 0 Å². The molecule has 6 nitrogen and oxygen atoms in total. The molecular weight excluding hydrogens is 342 g/mol. The van der Waals surface area contributed by atoms with Gasteiger partial charge in [-0.1, -0.05) is 30.3 Å². The topological polar surface area (TPSA) is 76.1 Å². The van der Waals surface area contributed by atoms with Gasteiger partial charge in [0.05, 0.1) is 11.9 Å². The van der Waals surface area contributed by atoms with Gasteiger partial charge in [-0.25, -0.2) is 9.59 Å². The number of hydrogen-bond donors (Lipinski definition) is 1. The fraction of sp³-hybridized carbons (Fsp3) is 0.556. The van der Waals surface area contributed by atoms with Gasteiger partial charge in [0.2, 0.25) is 0 Å². The van der Waals surface area contributed by atoms with E-state index in [1.54, 1.807) is 27.7 Å². The van der Waals surface area contributed by atoms with Crippen LogP contribution in [0.15, 0.2) is 30.3 Å². The van der Waals surface area contributed by atoms with E-state index in [1.807, 2.05) is 30.3 Å². The molecule has 0 spiro atoms. The predicted molar refractivity (Wildman–Crippen MR) is 98.3 cm³/mol. The van der Waals surface area contributed by atoms with Gasteiger partial charge < -0.3 is 14.0 Å². The van der Waals surface area contributed by atoms with Crippen LogP contribution in [-0.4, -0.2) is 45.6 Å². The van der Waals surface area contributed by atoms with Crippen molar-refractivity contribution in [2.45, 2.75) is 57.5 Å². The van der Waals surface area contributed by atoms with Gasteiger partial charge in [0.1, 0.15) is 11.6 Å². The highest BCUT2D eigenvalue weighted by Crippen LogP contribution is 2.33. The Morgan fingerprint density at radius 3 is 2.36 bits per heavy atom. The SMILES string of the molecule is [2H]CC(C)(C)OC(=O)N(Cc1ccccc1)[C@H](C(=O)O)C(C)(C)SOC. The summed E-state index contributed by atoms with van der Waals surface area (Å²) in [5.41, 5.74) is -0.245. The molecule has 0 aromatic heterocycles. The molecule has 0 aliphatic heterocycles. The van der Waals surface area contributed by atoms with E-state index in [0.717, 1.165) is 17.6 Å². The van der Waals surface area contributed by atoms with Gasteiger partial charge in [0.25, 0.3) is 0 Å². The molecule has 1 aromatic carbocycles. The number of aliphatic carboxylic acids is 1. The molecule has 1 aromatic rings. The van der Waals surface area contributed by atoms with Crippen LogP contribution in [0.2, 0.25) is 0 Å². The number of ether oxygens (including phenoxy) is 1. The summed E-state index contributed by atoms with van der Waals surface area (Å²) in [6, 6.07) is 7.90. The smallest absolute Gasteiger partial charge is 0.411 e. The van der Waals surface area contributed by atoms with Crippen LogP contribution in [0.4, 0.5) is 4.79 Å². The quantitative estimate of drug-likeness (QED) is 0.733. The second-order valence-electron chi connectivity index (χ2n) is 6.84. The number of carbonyl (C=O) groups is 2. The molecule has 1 atom stereocenters. The van der Waals surface area contributed by atoms with Crippen LogP contribution < -0.4 is 0 Å². The lowest BCUT2D eigenvalue weighted by Gasteiger charge is -2.38. The first kappa shape index (κ1) is 19.6. The summed E-state index contributed by atoms with van der Waals surface area (Å²) >= 11 is 0.983. The zero-order valence-electron chi connectivity index (χ0n) is 16.3. The van der Waals surface area contributed by atoms with Crippen molar-refractivity contribution < 1.29 is 25.0 Å². The van der Waals surface area contributed by atoms with Crippen molar-refractivity contribution in [2.24, 2.45) is 0 Å². The lowest BCUT2D eigenvalue weighted by molar-refractivity contribution is -0.144. The Labute approximate surface area is 155 Å². The Balaban J connectivity index is 3.27. The molecule has 0 saturated carbocycles. The summed E-state index contributed by atoms with van der Waals surface area (Å²) in [5.74, 6) is -1.16. The van der Waals surface area contributed by atoms with E-state index in [9.17, 15) is 14.7 Å². The molecule has 140 valence electrons. The van der Waals surface area contributed by atoms with Gasteiger partial charge in [0, 0.05) is 7.92 Å². The lowest BCUT2D eigenvalue weighted by atomic mass is 10.0. The van der Waals surface area contributed by atoms with Crippen molar-refractivity contribution in [3.05, 3.63) is 35.9 Å². The monoisotopic (exact) mass is 370 g/mol. The van der Waals surface area contributed by atoms with Crippen molar-refractivity contribution >= 4 is 24.1 Å². The summed E-state index contributed by atoms with van der Waals surface area (Å²) < 4.78 is 17.1. The van der Waals surface area contributed by atoms with Gasteiger partial charge in [-0.15, -0.1) is 0 Å². The average Bonchev–Trinajstić information content (AvgIpc) is 2.54. The number of nitrogens with zero attached hydrogens (tertiary/aromatic N) is 1. The molecule has 0 unspecified atom stereocenters. The summed E-state index contributed by atoms with van der Waals surface area (Å²) in [6.07, 6.45) is -0.775. The molecular formula is C18H27NO5S. The Kier molecular flexibility index (Phi) is 6.72. The van der Waals surface area contributed by atoms with Gasteiger partial charge >= 0.3 is 12.1 Å². The Morgan fingerprint density at radius 2 is 1.88 bits per heavy atom. The highest BCUT2D eigenvalue weighted by Gasteiger charge is 2.44. The predicted octanol–water partition coefficient (Wildman–Crippen LogP) is 3.95. The zero-order chi connectivity index (χ0) is 20.0. The number of amides is 1. The zero-order valence-corrected chi connectivity index (χ0v) is 16.1. The van der Waals surface area contributed by atoms with Crippen molar-refractivity contribution in [3.8, 4) is 0 Å². The van der Waals surface area contributed by atoms with Crippen LogP contribution >= 0.6 is 12.0 Å². The van der Waals surface area contributed by atoms with E-state index in [4.69, 9.17) is 10.3 Å². The third kappa shape index (κ3) is 6.59. The molecule has 0 fully saturated rings. The maximum absolute atomic E-state index is 12.8. The van der Waals surface area contributed by atoms with Crippen LogP contribution in [0.3, 0.4) is 0 Å². The Bertz CT molecular complexity index is 609. The number of carboxylic acid groups (broad SMARTS) is 1. The standard InChI is InChI=1S/C18H27NO5S/c1-17(2,3)24-16(22)19(12-13-10-8-7-9-11-13)14(15(20)21)18(4,5)25-23-6/h7-11,14H,12H2,1-6H3,(H,20,21)/t14-/m1/s1/i1D. The maximum Gasteiger partial charge on any atom is 0.411 e. The molecule has 1 rings (SSSR count). The third-order valence-corrected chi connectivity index (χ3v) is 4.12. The minimum absolute atomic E-state index is 0.0679. The maximum atomic E-state index is 12.8. The van der Waals surface area contributed by atoms with Gasteiger partial charge in [-0.2, -0.15) is 0 Å². The first-order chi connectivity index (χ1) is 12.0. The van der Waals surface area contributed by atoms with Crippen LogP contribution in [0.1, 0.15) is 41.5 Å². The number of benzene rings is 1. The number of hydrogen-bond acceptors (Lipinski definition) is 5. The van der Waals surface area contributed by atoms with Crippen molar-refractivity contribution in [1.82, 2.24) is 4.90 Å². The van der Waals surface area contributed by atoms with E-state index < -0.39 is 28.5 Å². The Morgan fingerprint density at radius 1 is 1.28 bits per heavy atom. The van der Waals surface area contributed by atoms with Gasteiger partial charge in [-0.05, 0) is 52.2 Å². The number of carbonyl (C=O) groups excluding carboxylic acids is 1. The minimum Gasteiger partial charge on any atom is -0.480 e. The highest BCUT2D eigenvalue weighted by atomic mass is 32.2. The second kappa shape index (κ2) is 8.58. The molecule has 1 N–H and O–H groups in total. The molecule has 0 aliphatic carbocycles. The van der Waals surface area contributed by atoms with Crippen molar-refractivity contribution in [3.63, 3.8) is 0 Å². The number of carboxylic acids is 1. The largest absolute Gasteiger partial charge is 0.480 e. The van der Waals surface area contributed by atoms with Crippen LogP contribution in [0, 0.1) is 0 Å². The Hall–Kier alpha value is -1.73. The molecule has 1 amide bonds. The molecule has 0 saturated heterocycles. The van der Waals surface area contributed by atoms with Crippen molar-refractivity contribution in [1.29, 1.82) is 0 Å². The summed E-state index contributed by atoms with van der Waals surface area (Å²) in [6.45, 7) is 6.55. The molecule has 0 aliphatic rings. The summed E-state index contributed by atoms with van der Waals surface area (Å²) in [7, 11) is 1.45.